The molecule has 1 aromatic carbocycles. The third kappa shape index (κ3) is 4.95. The van der Waals surface area contributed by atoms with Gasteiger partial charge in [0.15, 0.2) is 11.5 Å². The number of thioether (sulfide) groups is 1. The number of halogens is 3. The fraction of sp³-hybridized carbons (Fsp3) is 0.476. The minimum Gasteiger partial charge on any atom is -0.486 e. The van der Waals surface area contributed by atoms with E-state index in [0.717, 1.165) is 62.4 Å². The van der Waals surface area contributed by atoms with Gasteiger partial charge in [0.1, 0.15) is 18.2 Å². The Balaban J connectivity index is 1.24. The van der Waals surface area contributed by atoms with Crippen LogP contribution < -0.4 is 14.4 Å². The number of piperazine rings is 1. The monoisotopic (exact) mass is 439 g/mol. The quantitative estimate of drug-likeness (QED) is 0.497. The third-order valence-electron chi connectivity index (χ3n) is 5.19. The van der Waals surface area contributed by atoms with Crippen molar-refractivity contribution in [2.24, 2.45) is 0 Å². The molecule has 1 fully saturated rings. The van der Waals surface area contributed by atoms with Gasteiger partial charge in [-0.15, -0.1) is 11.8 Å². The van der Waals surface area contributed by atoms with Crippen molar-refractivity contribution in [1.82, 2.24) is 9.88 Å². The lowest BCUT2D eigenvalue weighted by Crippen LogP contribution is -2.46. The smallest absolute Gasteiger partial charge is 0.419 e. The maximum Gasteiger partial charge on any atom is 0.419 e. The summed E-state index contributed by atoms with van der Waals surface area (Å²) >= 11 is 1.18. The molecule has 0 aliphatic carbocycles. The van der Waals surface area contributed by atoms with Crippen molar-refractivity contribution < 1.29 is 22.6 Å². The summed E-state index contributed by atoms with van der Waals surface area (Å²) in [6, 6.07) is 8.39. The van der Waals surface area contributed by atoms with Gasteiger partial charge in [-0.3, -0.25) is 4.90 Å². The number of aromatic nitrogens is 1. The van der Waals surface area contributed by atoms with E-state index in [1.165, 1.54) is 24.0 Å². The average molecular weight is 440 g/mol. The fourth-order valence-electron chi connectivity index (χ4n) is 3.70. The molecule has 3 heterocycles. The summed E-state index contributed by atoms with van der Waals surface area (Å²) < 4.78 is 50.6. The lowest BCUT2D eigenvalue weighted by Gasteiger charge is -2.37. The highest BCUT2D eigenvalue weighted by Gasteiger charge is 2.34. The van der Waals surface area contributed by atoms with Gasteiger partial charge in [0.05, 0.1) is 11.3 Å². The molecule has 1 saturated heterocycles. The van der Waals surface area contributed by atoms with Crippen LogP contribution in [0.25, 0.3) is 0 Å². The normalized spacial score (nSPS) is 17.2. The molecule has 1 aromatic heterocycles. The second-order valence-electron chi connectivity index (χ2n) is 7.19. The molecule has 2 aromatic rings. The zero-order valence-corrected chi connectivity index (χ0v) is 17.3. The van der Waals surface area contributed by atoms with Gasteiger partial charge in [-0.1, -0.05) is 6.07 Å². The van der Waals surface area contributed by atoms with Crippen LogP contribution in [0.5, 0.6) is 11.5 Å². The van der Waals surface area contributed by atoms with E-state index in [1.54, 1.807) is 0 Å². The third-order valence-corrected chi connectivity index (χ3v) is 6.28. The number of alkyl halides is 3. The molecule has 2 aliphatic rings. The van der Waals surface area contributed by atoms with E-state index in [0.29, 0.717) is 19.0 Å². The van der Waals surface area contributed by atoms with Crippen LogP contribution in [0.1, 0.15) is 12.0 Å². The first kappa shape index (κ1) is 21.1. The van der Waals surface area contributed by atoms with Crippen LogP contribution in [-0.2, 0) is 6.18 Å². The van der Waals surface area contributed by atoms with Crippen LogP contribution in [0, 0.1) is 0 Å². The Bertz CT molecular complexity index is 858. The highest BCUT2D eigenvalue weighted by Crippen LogP contribution is 2.40. The molecule has 0 amide bonds. The van der Waals surface area contributed by atoms with Crippen LogP contribution in [0.4, 0.5) is 18.9 Å². The molecule has 0 atom stereocenters. The number of hydrogen-bond donors (Lipinski definition) is 0. The first-order valence-corrected chi connectivity index (χ1v) is 11.0. The van der Waals surface area contributed by atoms with E-state index in [2.05, 4.69) is 20.9 Å². The van der Waals surface area contributed by atoms with Crippen molar-refractivity contribution in [1.29, 1.82) is 0 Å². The lowest BCUT2D eigenvalue weighted by atomic mass is 10.2. The van der Waals surface area contributed by atoms with E-state index < -0.39 is 11.7 Å². The molecular formula is C21H24F3N3O2S. The Kier molecular flexibility index (Phi) is 6.58. The Morgan fingerprint density at radius 2 is 1.80 bits per heavy atom. The molecule has 0 saturated carbocycles. The number of rotatable bonds is 6. The summed E-state index contributed by atoms with van der Waals surface area (Å²) in [5.74, 6) is 2.23. The number of pyridine rings is 1. The van der Waals surface area contributed by atoms with Crippen molar-refractivity contribution in [3.63, 3.8) is 0 Å². The molecule has 2 aliphatic heterocycles. The van der Waals surface area contributed by atoms with Crippen molar-refractivity contribution in [3.8, 4) is 11.5 Å². The maximum atomic E-state index is 13.0. The highest BCUT2D eigenvalue weighted by molar-refractivity contribution is 7.99. The van der Waals surface area contributed by atoms with Crippen molar-refractivity contribution in [2.45, 2.75) is 17.6 Å². The fourth-order valence-corrected chi connectivity index (χ4v) is 4.64. The van der Waals surface area contributed by atoms with Gasteiger partial charge in [-0.25, -0.2) is 4.98 Å². The van der Waals surface area contributed by atoms with Crippen LogP contribution in [-0.4, -0.2) is 61.6 Å². The molecule has 0 bridgehead atoms. The van der Waals surface area contributed by atoms with Crippen molar-refractivity contribution >= 4 is 17.4 Å². The molecule has 0 unspecified atom stereocenters. The Morgan fingerprint density at radius 1 is 1.00 bits per heavy atom. The lowest BCUT2D eigenvalue weighted by molar-refractivity contribution is -0.140. The van der Waals surface area contributed by atoms with Gasteiger partial charge >= 0.3 is 6.18 Å². The summed E-state index contributed by atoms with van der Waals surface area (Å²) in [4.78, 5) is 8.57. The number of nitrogens with zero attached hydrogens (tertiary/aromatic N) is 3. The standard InChI is InChI=1S/C21H24F3N3O2S/c22-21(23,24)16-4-2-7-25-20(16)30-15-3-8-26-9-11-27(12-10-26)17-5-1-6-18-19(17)29-14-13-28-18/h1-2,4-7H,3,8-15H2. The average Bonchev–Trinajstić information content (AvgIpc) is 2.76. The zero-order valence-electron chi connectivity index (χ0n) is 16.5. The molecule has 4 rings (SSSR count). The summed E-state index contributed by atoms with van der Waals surface area (Å²) in [6.45, 7) is 5.58. The first-order chi connectivity index (χ1) is 14.5. The van der Waals surface area contributed by atoms with E-state index in [9.17, 15) is 13.2 Å². The topological polar surface area (TPSA) is 37.8 Å². The van der Waals surface area contributed by atoms with Gasteiger partial charge in [0.25, 0.3) is 0 Å². The van der Waals surface area contributed by atoms with E-state index >= 15 is 0 Å². The van der Waals surface area contributed by atoms with Crippen LogP contribution in [0.15, 0.2) is 41.6 Å². The summed E-state index contributed by atoms with van der Waals surface area (Å²) in [6.07, 6.45) is -2.14. The maximum absolute atomic E-state index is 13.0. The molecule has 0 radical (unpaired) electrons. The minimum atomic E-state index is -4.36. The predicted molar refractivity (Wildman–Crippen MR) is 111 cm³/mol. The van der Waals surface area contributed by atoms with E-state index in [1.807, 2.05) is 12.1 Å². The number of hydrogen-bond acceptors (Lipinski definition) is 6. The number of fused-ring (bicyclic) bond motifs is 1. The molecule has 5 nitrogen and oxygen atoms in total. The van der Waals surface area contributed by atoms with Gasteiger partial charge in [0, 0.05) is 38.1 Å². The van der Waals surface area contributed by atoms with Gasteiger partial charge in [0.2, 0.25) is 0 Å². The highest BCUT2D eigenvalue weighted by atomic mass is 32.2. The molecule has 0 N–H and O–H groups in total. The van der Waals surface area contributed by atoms with E-state index in [-0.39, 0.29) is 5.03 Å². The largest absolute Gasteiger partial charge is 0.486 e. The zero-order chi connectivity index (χ0) is 21.0. The second kappa shape index (κ2) is 9.34. The van der Waals surface area contributed by atoms with Crippen molar-refractivity contribution in [3.05, 3.63) is 42.1 Å². The summed E-state index contributed by atoms with van der Waals surface area (Å²) in [5, 5.41) is 0.0610. The minimum absolute atomic E-state index is 0.0610. The molecule has 30 heavy (non-hydrogen) atoms. The van der Waals surface area contributed by atoms with Crippen LogP contribution in [0.2, 0.25) is 0 Å². The van der Waals surface area contributed by atoms with Gasteiger partial charge < -0.3 is 14.4 Å². The predicted octanol–water partition coefficient (Wildman–Crippen LogP) is 4.18. The van der Waals surface area contributed by atoms with Crippen LogP contribution in [0.3, 0.4) is 0 Å². The summed E-state index contributed by atoms with van der Waals surface area (Å²) in [5.41, 5.74) is 0.415. The second-order valence-corrected chi connectivity index (χ2v) is 8.27. The number of anilines is 1. The number of benzene rings is 1. The molecule has 0 spiro atoms. The molecule has 9 heteroatoms. The SMILES string of the molecule is FC(F)(F)c1cccnc1SCCCN1CCN(c2cccc3c2OCCO3)CC1. The van der Waals surface area contributed by atoms with Crippen LogP contribution >= 0.6 is 11.8 Å². The first-order valence-electron chi connectivity index (χ1n) is 10.0. The molecule has 162 valence electrons. The Morgan fingerprint density at radius 3 is 2.60 bits per heavy atom. The Hall–Kier alpha value is -2.13. The van der Waals surface area contributed by atoms with E-state index in [4.69, 9.17) is 9.47 Å². The van der Waals surface area contributed by atoms with Gasteiger partial charge in [-0.05, 0) is 37.2 Å². The van der Waals surface area contributed by atoms with Gasteiger partial charge in [-0.2, -0.15) is 13.2 Å². The van der Waals surface area contributed by atoms with Crippen molar-refractivity contribution in [2.75, 3.05) is 56.6 Å². The molecular weight excluding hydrogens is 415 g/mol. The summed E-state index contributed by atoms with van der Waals surface area (Å²) in [7, 11) is 0. The Labute approximate surface area is 178 Å². The number of para-hydroxylation sites is 1. The number of ether oxygens (including phenoxy) is 2.